The third-order valence-corrected chi connectivity index (χ3v) is 3.85. The van der Waals surface area contributed by atoms with Gasteiger partial charge in [0, 0.05) is 30.4 Å². The van der Waals surface area contributed by atoms with Gasteiger partial charge in [-0.3, -0.25) is 10.00 Å². The highest BCUT2D eigenvalue weighted by atomic mass is 15.1. The highest BCUT2D eigenvalue weighted by Crippen LogP contribution is 2.16. The standard InChI is InChI=1S/C15H26N4/c1-12(2)4-7-19-8-5-15(6-9-19)18-13(3)14-10-16-17-11-14/h4,10-11,13,15,18H,5-9H2,1-3H3,(H,16,17). The SMILES string of the molecule is CC(C)=CCN1CCC(NC(C)c2cn[nH]c2)CC1. The van der Waals surface area contributed by atoms with E-state index >= 15 is 0 Å². The second-order valence-electron chi connectivity index (χ2n) is 5.78. The number of nitrogens with one attached hydrogen (secondary N) is 2. The Morgan fingerprint density at radius 2 is 2.26 bits per heavy atom. The fourth-order valence-corrected chi connectivity index (χ4v) is 2.54. The van der Waals surface area contributed by atoms with Crippen LogP contribution in [0.15, 0.2) is 24.0 Å². The molecule has 0 spiro atoms. The van der Waals surface area contributed by atoms with Crippen LogP contribution in [-0.2, 0) is 0 Å². The molecule has 2 rings (SSSR count). The van der Waals surface area contributed by atoms with E-state index in [1.165, 1.54) is 37.1 Å². The Morgan fingerprint density at radius 3 is 2.84 bits per heavy atom. The molecule has 19 heavy (non-hydrogen) atoms. The molecule has 2 heterocycles. The van der Waals surface area contributed by atoms with Crippen LogP contribution in [0.5, 0.6) is 0 Å². The van der Waals surface area contributed by atoms with E-state index in [4.69, 9.17) is 0 Å². The molecule has 1 fully saturated rings. The van der Waals surface area contributed by atoms with Crippen LogP contribution < -0.4 is 5.32 Å². The van der Waals surface area contributed by atoms with E-state index in [2.05, 4.69) is 47.3 Å². The van der Waals surface area contributed by atoms with Gasteiger partial charge < -0.3 is 5.32 Å². The normalized spacial score (nSPS) is 19.3. The minimum Gasteiger partial charge on any atom is -0.307 e. The highest BCUT2D eigenvalue weighted by Gasteiger charge is 2.20. The number of aromatic nitrogens is 2. The van der Waals surface area contributed by atoms with Crippen molar-refractivity contribution in [2.45, 2.75) is 45.7 Å². The van der Waals surface area contributed by atoms with Gasteiger partial charge in [-0.1, -0.05) is 11.6 Å². The van der Waals surface area contributed by atoms with Gasteiger partial charge in [-0.25, -0.2) is 0 Å². The summed E-state index contributed by atoms with van der Waals surface area (Å²) in [5.41, 5.74) is 2.65. The molecule has 106 valence electrons. The molecular weight excluding hydrogens is 236 g/mol. The molecule has 0 bridgehead atoms. The van der Waals surface area contributed by atoms with Crippen LogP contribution in [0.25, 0.3) is 0 Å². The molecule has 4 heteroatoms. The van der Waals surface area contributed by atoms with Gasteiger partial charge in [-0.2, -0.15) is 5.10 Å². The van der Waals surface area contributed by atoms with Gasteiger partial charge in [0.1, 0.15) is 0 Å². The zero-order chi connectivity index (χ0) is 13.7. The molecule has 0 saturated carbocycles. The fraction of sp³-hybridized carbons (Fsp3) is 0.667. The van der Waals surface area contributed by atoms with E-state index < -0.39 is 0 Å². The molecule has 1 atom stereocenters. The summed E-state index contributed by atoms with van der Waals surface area (Å²) in [6.45, 7) is 10.0. The molecule has 0 radical (unpaired) electrons. The molecule has 1 saturated heterocycles. The Bertz CT molecular complexity index is 384. The lowest BCUT2D eigenvalue weighted by atomic mass is 10.0. The second-order valence-corrected chi connectivity index (χ2v) is 5.78. The second kappa shape index (κ2) is 6.87. The minimum absolute atomic E-state index is 0.382. The third-order valence-electron chi connectivity index (χ3n) is 3.85. The van der Waals surface area contributed by atoms with Crippen molar-refractivity contribution in [2.24, 2.45) is 0 Å². The van der Waals surface area contributed by atoms with Crippen molar-refractivity contribution < 1.29 is 0 Å². The molecular formula is C15H26N4. The van der Waals surface area contributed by atoms with Crippen molar-refractivity contribution >= 4 is 0 Å². The van der Waals surface area contributed by atoms with E-state index in [0.717, 1.165) is 6.54 Å². The number of hydrogen-bond donors (Lipinski definition) is 2. The Morgan fingerprint density at radius 1 is 1.53 bits per heavy atom. The number of likely N-dealkylation sites (tertiary alicyclic amines) is 1. The van der Waals surface area contributed by atoms with Crippen molar-refractivity contribution in [3.63, 3.8) is 0 Å². The van der Waals surface area contributed by atoms with E-state index in [1.807, 2.05) is 12.4 Å². The smallest absolute Gasteiger partial charge is 0.0534 e. The fourth-order valence-electron chi connectivity index (χ4n) is 2.54. The average Bonchev–Trinajstić information content (AvgIpc) is 2.92. The first-order chi connectivity index (χ1) is 9.15. The molecule has 1 aromatic rings. The van der Waals surface area contributed by atoms with Crippen LogP contribution in [-0.4, -0.2) is 40.8 Å². The number of H-pyrrole nitrogens is 1. The molecule has 1 aromatic heterocycles. The number of nitrogens with zero attached hydrogens (tertiary/aromatic N) is 2. The summed E-state index contributed by atoms with van der Waals surface area (Å²) in [5, 5.41) is 10.6. The maximum Gasteiger partial charge on any atom is 0.0534 e. The van der Waals surface area contributed by atoms with Crippen LogP contribution in [0.1, 0.15) is 45.2 Å². The van der Waals surface area contributed by atoms with Crippen LogP contribution in [0.4, 0.5) is 0 Å². The van der Waals surface area contributed by atoms with Gasteiger partial charge in [0.05, 0.1) is 6.20 Å². The number of hydrogen-bond acceptors (Lipinski definition) is 3. The Balaban J connectivity index is 1.73. The molecule has 0 aliphatic carbocycles. The highest BCUT2D eigenvalue weighted by molar-refractivity contribution is 5.08. The lowest BCUT2D eigenvalue weighted by Gasteiger charge is -2.33. The lowest BCUT2D eigenvalue weighted by molar-refractivity contribution is 0.208. The number of piperidine rings is 1. The first-order valence-electron chi connectivity index (χ1n) is 7.25. The van der Waals surface area contributed by atoms with E-state index in [-0.39, 0.29) is 0 Å². The summed E-state index contributed by atoms with van der Waals surface area (Å²) < 4.78 is 0. The van der Waals surface area contributed by atoms with Gasteiger partial charge in [0.25, 0.3) is 0 Å². The molecule has 1 aliphatic heterocycles. The first kappa shape index (κ1) is 14.3. The van der Waals surface area contributed by atoms with E-state index in [1.54, 1.807) is 0 Å². The van der Waals surface area contributed by atoms with Gasteiger partial charge in [0.15, 0.2) is 0 Å². The largest absolute Gasteiger partial charge is 0.307 e. The molecule has 4 nitrogen and oxygen atoms in total. The van der Waals surface area contributed by atoms with Crippen molar-refractivity contribution in [1.29, 1.82) is 0 Å². The van der Waals surface area contributed by atoms with E-state index in [0.29, 0.717) is 12.1 Å². The zero-order valence-corrected chi connectivity index (χ0v) is 12.3. The lowest BCUT2D eigenvalue weighted by Crippen LogP contribution is -2.43. The molecule has 2 N–H and O–H groups in total. The van der Waals surface area contributed by atoms with Crippen molar-refractivity contribution in [1.82, 2.24) is 20.4 Å². The van der Waals surface area contributed by atoms with Gasteiger partial charge >= 0.3 is 0 Å². The summed E-state index contributed by atoms with van der Waals surface area (Å²) in [7, 11) is 0. The minimum atomic E-state index is 0.382. The zero-order valence-electron chi connectivity index (χ0n) is 12.3. The predicted octanol–water partition coefficient (Wildman–Crippen LogP) is 2.49. The quantitative estimate of drug-likeness (QED) is 0.801. The Labute approximate surface area is 116 Å². The Kier molecular flexibility index (Phi) is 5.16. The van der Waals surface area contributed by atoms with E-state index in [9.17, 15) is 0 Å². The summed E-state index contributed by atoms with van der Waals surface area (Å²) in [6, 6.07) is 1.01. The molecule has 1 unspecified atom stereocenters. The van der Waals surface area contributed by atoms with Crippen LogP contribution in [0.3, 0.4) is 0 Å². The van der Waals surface area contributed by atoms with Crippen LogP contribution in [0.2, 0.25) is 0 Å². The maximum atomic E-state index is 4.01. The summed E-state index contributed by atoms with van der Waals surface area (Å²) in [5.74, 6) is 0. The van der Waals surface area contributed by atoms with Gasteiger partial charge in [-0.05, 0) is 46.7 Å². The third kappa shape index (κ3) is 4.48. The summed E-state index contributed by atoms with van der Waals surface area (Å²) in [4.78, 5) is 2.54. The molecule has 0 aromatic carbocycles. The van der Waals surface area contributed by atoms with Crippen molar-refractivity contribution in [3.05, 3.63) is 29.6 Å². The summed E-state index contributed by atoms with van der Waals surface area (Å²) in [6.07, 6.45) is 8.67. The predicted molar refractivity (Wildman–Crippen MR) is 79.0 cm³/mol. The average molecular weight is 262 g/mol. The van der Waals surface area contributed by atoms with Crippen molar-refractivity contribution in [2.75, 3.05) is 19.6 Å². The number of rotatable bonds is 5. The number of allylic oxidation sites excluding steroid dienone is 1. The van der Waals surface area contributed by atoms with Crippen LogP contribution >= 0.6 is 0 Å². The monoisotopic (exact) mass is 262 g/mol. The topological polar surface area (TPSA) is 44.0 Å². The summed E-state index contributed by atoms with van der Waals surface area (Å²) >= 11 is 0. The first-order valence-corrected chi connectivity index (χ1v) is 7.25. The van der Waals surface area contributed by atoms with Crippen molar-refractivity contribution in [3.8, 4) is 0 Å². The van der Waals surface area contributed by atoms with Gasteiger partial charge in [0.2, 0.25) is 0 Å². The molecule has 1 aliphatic rings. The van der Waals surface area contributed by atoms with Gasteiger partial charge in [-0.15, -0.1) is 0 Å². The van der Waals surface area contributed by atoms with Crippen LogP contribution in [0, 0.1) is 0 Å². The number of aromatic amines is 1. The maximum absolute atomic E-state index is 4.01. The Hall–Kier alpha value is -1.13. The molecule has 0 amide bonds.